The number of amides is 1. The smallest absolute Gasteiger partial charge is 0.463 e. The number of nitrogens with two attached hydrogens (primary N) is 1. The molecule has 20 heavy (non-hydrogen) atoms. The van der Waals surface area contributed by atoms with E-state index >= 15 is 0 Å². The molecule has 0 aliphatic carbocycles. The Balaban J connectivity index is 2.94. The van der Waals surface area contributed by atoms with E-state index in [2.05, 4.69) is 4.74 Å². The van der Waals surface area contributed by atoms with Crippen LogP contribution in [0.3, 0.4) is 0 Å². The van der Waals surface area contributed by atoms with Crippen molar-refractivity contribution < 1.29 is 37.6 Å². The van der Waals surface area contributed by atoms with Crippen LogP contribution in [0.25, 0.3) is 0 Å². The molecule has 1 saturated heterocycles. The molecule has 1 heterocycles. The van der Waals surface area contributed by atoms with Crippen LogP contribution in [-0.4, -0.2) is 50.1 Å². The average Bonchev–Trinajstić information content (AvgIpc) is 2.84. The van der Waals surface area contributed by atoms with Gasteiger partial charge in [0.25, 0.3) is 0 Å². The molecule has 0 aromatic rings. The molecule has 0 unspecified atom stereocenters. The quantitative estimate of drug-likeness (QED) is 0.519. The van der Waals surface area contributed by atoms with Crippen molar-refractivity contribution >= 4 is 11.9 Å². The summed E-state index contributed by atoms with van der Waals surface area (Å²) in [5.41, 5.74) is -3.14. The average molecular weight is 299 g/mol. The highest BCUT2D eigenvalue weighted by molar-refractivity contribution is 5.86. The van der Waals surface area contributed by atoms with E-state index in [4.69, 9.17) is 4.74 Å². The predicted octanol–water partition coefficient (Wildman–Crippen LogP) is -0.703. The van der Waals surface area contributed by atoms with Crippen LogP contribution in [0, 0.1) is 0 Å². The van der Waals surface area contributed by atoms with Gasteiger partial charge in [-0.15, -0.1) is 0 Å². The van der Waals surface area contributed by atoms with Gasteiger partial charge < -0.3 is 14.8 Å². The second-order valence-electron chi connectivity index (χ2n) is 4.55. The van der Waals surface area contributed by atoms with Gasteiger partial charge in [-0.25, -0.2) is 4.79 Å². The molecule has 2 atom stereocenters. The molecule has 6 nitrogen and oxygen atoms in total. The van der Waals surface area contributed by atoms with Crippen LogP contribution in [-0.2, 0) is 19.1 Å². The van der Waals surface area contributed by atoms with Gasteiger partial charge in [0.1, 0.15) is 12.6 Å². The van der Waals surface area contributed by atoms with E-state index in [-0.39, 0.29) is 12.6 Å². The van der Waals surface area contributed by atoms with Crippen molar-refractivity contribution in [2.45, 2.75) is 37.7 Å². The molecule has 0 saturated carbocycles. The number of rotatable bonds is 5. The standard InChI is InChI=1S/C11H17F3N2O4/c1-7(17)16-10(9(18)19-2,11(12,13)14)15-6-8-4-3-5-20-8/h8,15H,3-6H2,1-2H3,(H,16,17)/p+1/t8-,10-/m0/s1. The molecule has 0 aromatic carbocycles. The van der Waals surface area contributed by atoms with Crippen LogP contribution in [0.1, 0.15) is 19.8 Å². The third-order valence-corrected chi connectivity index (χ3v) is 3.04. The first kappa shape index (κ1) is 16.7. The van der Waals surface area contributed by atoms with Crippen LogP contribution in [0.5, 0.6) is 0 Å². The van der Waals surface area contributed by atoms with E-state index in [0.717, 1.165) is 25.8 Å². The summed E-state index contributed by atoms with van der Waals surface area (Å²) in [6.07, 6.45) is -4.00. The Morgan fingerprint density at radius 2 is 2.10 bits per heavy atom. The summed E-state index contributed by atoms with van der Waals surface area (Å²) in [6, 6.07) is 0. The van der Waals surface area contributed by atoms with Crippen molar-refractivity contribution in [1.82, 2.24) is 5.32 Å². The van der Waals surface area contributed by atoms with E-state index in [1.54, 1.807) is 5.32 Å². The summed E-state index contributed by atoms with van der Waals surface area (Å²) >= 11 is 0. The highest BCUT2D eigenvalue weighted by Crippen LogP contribution is 2.26. The van der Waals surface area contributed by atoms with E-state index in [1.165, 1.54) is 0 Å². The van der Waals surface area contributed by atoms with E-state index < -0.39 is 23.7 Å². The zero-order valence-corrected chi connectivity index (χ0v) is 11.3. The van der Waals surface area contributed by atoms with Crippen molar-refractivity contribution in [3.8, 4) is 0 Å². The lowest BCUT2D eigenvalue weighted by atomic mass is 10.1. The number of hydrogen-bond donors (Lipinski definition) is 2. The van der Waals surface area contributed by atoms with E-state index in [9.17, 15) is 22.8 Å². The van der Waals surface area contributed by atoms with Gasteiger partial charge in [0.2, 0.25) is 5.91 Å². The fourth-order valence-corrected chi connectivity index (χ4v) is 2.06. The lowest BCUT2D eigenvalue weighted by Crippen LogP contribution is -3.07. The van der Waals surface area contributed by atoms with Gasteiger partial charge in [0.15, 0.2) is 0 Å². The first-order valence-electron chi connectivity index (χ1n) is 6.13. The fraction of sp³-hybridized carbons (Fsp3) is 0.818. The van der Waals surface area contributed by atoms with Gasteiger partial charge in [0, 0.05) is 13.5 Å². The number of quaternary nitrogens is 1. The maximum atomic E-state index is 13.3. The van der Waals surface area contributed by atoms with E-state index in [1.807, 2.05) is 0 Å². The number of alkyl halides is 3. The molecule has 1 aliphatic heterocycles. The predicted molar refractivity (Wildman–Crippen MR) is 60.4 cm³/mol. The second kappa shape index (κ2) is 6.40. The maximum Gasteiger partial charge on any atom is 0.478 e. The number of halogens is 3. The molecule has 1 rings (SSSR count). The summed E-state index contributed by atoms with van der Waals surface area (Å²) in [7, 11) is 0.838. The zero-order valence-electron chi connectivity index (χ0n) is 11.3. The molecule has 0 spiro atoms. The molecule has 1 fully saturated rings. The van der Waals surface area contributed by atoms with Crippen molar-refractivity contribution in [1.29, 1.82) is 0 Å². The maximum absolute atomic E-state index is 13.3. The minimum atomic E-state index is -5.00. The number of nitrogens with one attached hydrogen (secondary N) is 1. The highest BCUT2D eigenvalue weighted by atomic mass is 19.4. The fourth-order valence-electron chi connectivity index (χ4n) is 2.06. The van der Waals surface area contributed by atoms with Crippen LogP contribution in [0.15, 0.2) is 0 Å². The minimum absolute atomic E-state index is 0.102. The minimum Gasteiger partial charge on any atom is -0.463 e. The van der Waals surface area contributed by atoms with Crippen LogP contribution >= 0.6 is 0 Å². The Morgan fingerprint density at radius 3 is 2.50 bits per heavy atom. The zero-order chi connectivity index (χ0) is 15.4. The van der Waals surface area contributed by atoms with Gasteiger partial charge >= 0.3 is 17.8 Å². The largest absolute Gasteiger partial charge is 0.478 e. The molecule has 1 aliphatic rings. The SMILES string of the molecule is COC(=O)[C@@](NC(C)=O)([NH2+]C[C@@H]1CCCO1)C(F)(F)F. The van der Waals surface area contributed by atoms with E-state index in [0.29, 0.717) is 13.0 Å². The van der Waals surface area contributed by atoms with Crippen LogP contribution < -0.4 is 10.6 Å². The summed E-state index contributed by atoms with van der Waals surface area (Å²) in [4.78, 5) is 22.6. The molecule has 3 N–H and O–H groups in total. The normalized spacial score (nSPS) is 22.1. The Hall–Kier alpha value is -1.35. The Kier molecular flexibility index (Phi) is 5.35. The number of carbonyl (C=O) groups is 2. The third kappa shape index (κ3) is 3.60. The summed E-state index contributed by atoms with van der Waals surface area (Å²) in [5.74, 6) is -2.55. The van der Waals surface area contributed by atoms with Crippen molar-refractivity contribution in [2.75, 3.05) is 20.3 Å². The molecule has 116 valence electrons. The monoisotopic (exact) mass is 299 g/mol. The van der Waals surface area contributed by atoms with Gasteiger partial charge in [-0.1, -0.05) is 0 Å². The van der Waals surface area contributed by atoms with Crippen molar-refractivity contribution in [3.05, 3.63) is 0 Å². The molecule has 0 radical (unpaired) electrons. The number of methoxy groups -OCH3 is 1. The summed E-state index contributed by atoms with van der Waals surface area (Å²) in [6.45, 7) is 1.29. The first-order chi connectivity index (χ1) is 9.23. The van der Waals surface area contributed by atoms with Crippen molar-refractivity contribution in [2.24, 2.45) is 0 Å². The molecule has 9 heteroatoms. The lowest BCUT2D eigenvalue weighted by molar-refractivity contribution is -0.747. The number of ether oxygens (including phenoxy) is 2. The van der Waals surface area contributed by atoms with Gasteiger partial charge in [-0.3, -0.25) is 10.1 Å². The number of carbonyl (C=O) groups excluding carboxylic acids is 2. The van der Waals surface area contributed by atoms with Crippen LogP contribution in [0.4, 0.5) is 13.2 Å². The Morgan fingerprint density at radius 1 is 1.45 bits per heavy atom. The second-order valence-corrected chi connectivity index (χ2v) is 4.55. The number of hydrogen-bond acceptors (Lipinski definition) is 4. The molecular weight excluding hydrogens is 281 g/mol. The topological polar surface area (TPSA) is 81.2 Å². The molecule has 0 aromatic heterocycles. The summed E-state index contributed by atoms with van der Waals surface area (Å²) < 4.78 is 49.2. The Labute approximate surface area is 114 Å². The van der Waals surface area contributed by atoms with Crippen LogP contribution in [0.2, 0.25) is 0 Å². The molecule has 0 bridgehead atoms. The van der Waals surface area contributed by atoms with Gasteiger partial charge in [-0.2, -0.15) is 13.2 Å². The van der Waals surface area contributed by atoms with Gasteiger partial charge in [0.05, 0.1) is 7.11 Å². The lowest BCUT2D eigenvalue weighted by Gasteiger charge is -2.31. The third-order valence-electron chi connectivity index (χ3n) is 3.04. The summed E-state index contributed by atoms with van der Waals surface area (Å²) in [5, 5.41) is 2.38. The molecular formula is C11H18F3N2O4+. The van der Waals surface area contributed by atoms with Crippen molar-refractivity contribution in [3.63, 3.8) is 0 Å². The Bertz CT molecular complexity index is 369. The number of esters is 1. The molecule has 1 amide bonds. The first-order valence-corrected chi connectivity index (χ1v) is 6.13. The highest BCUT2D eigenvalue weighted by Gasteiger charge is 2.67. The van der Waals surface area contributed by atoms with Gasteiger partial charge in [-0.05, 0) is 12.8 Å².